The van der Waals surface area contributed by atoms with Gasteiger partial charge >= 0.3 is 0 Å². The molecular weight excluding hydrogens is 245 g/mol. The third-order valence-electron chi connectivity index (χ3n) is 2.96. The van der Waals surface area contributed by atoms with E-state index in [9.17, 15) is 4.39 Å². The van der Waals surface area contributed by atoms with Gasteiger partial charge in [-0.15, -0.1) is 0 Å². The predicted molar refractivity (Wildman–Crippen MR) is 70.7 cm³/mol. The van der Waals surface area contributed by atoms with E-state index in [1.807, 2.05) is 0 Å². The highest BCUT2D eigenvalue weighted by Gasteiger charge is 2.19. The number of hydrogen-bond acceptors (Lipinski definition) is 3. The van der Waals surface area contributed by atoms with E-state index in [1.165, 1.54) is 12.1 Å². The number of aryl methyl sites for hydroxylation is 1. The maximum Gasteiger partial charge on any atom is 0.154 e. The van der Waals surface area contributed by atoms with E-state index >= 15 is 0 Å². The lowest BCUT2D eigenvalue weighted by Crippen LogP contribution is -1.98. The first-order valence-electron chi connectivity index (χ1n) is 5.79. The third-order valence-corrected chi connectivity index (χ3v) is 2.96. The minimum Gasteiger partial charge on any atom is -0.463 e. The summed E-state index contributed by atoms with van der Waals surface area (Å²) in [5, 5.41) is 4.33. The fourth-order valence-corrected chi connectivity index (χ4v) is 2.05. The summed E-state index contributed by atoms with van der Waals surface area (Å²) in [7, 11) is 1.74. The molecule has 0 fully saturated rings. The lowest BCUT2D eigenvalue weighted by molar-refractivity contribution is 0.578. The van der Waals surface area contributed by atoms with Crippen molar-refractivity contribution in [3.05, 3.63) is 48.5 Å². The van der Waals surface area contributed by atoms with E-state index in [0.717, 1.165) is 0 Å². The fourth-order valence-electron chi connectivity index (χ4n) is 2.05. The molecule has 96 valence electrons. The lowest BCUT2D eigenvalue weighted by atomic mass is 10.0. The standard InChI is InChI=1S/C14H12FN3O/c1-18-14(16)12(9-4-2-5-10(15)8-9)13(17-18)11-6-3-7-19-11/h2-8H,16H2,1H3. The minimum atomic E-state index is -0.314. The molecule has 2 heterocycles. The molecule has 0 aliphatic carbocycles. The second kappa shape index (κ2) is 4.28. The highest BCUT2D eigenvalue weighted by Crippen LogP contribution is 2.36. The molecule has 4 nitrogen and oxygen atoms in total. The lowest BCUT2D eigenvalue weighted by Gasteiger charge is -2.03. The summed E-state index contributed by atoms with van der Waals surface area (Å²) in [6.07, 6.45) is 1.57. The number of hydrogen-bond donors (Lipinski definition) is 1. The molecule has 19 heavy (non-hydrogen) atoms. The first kappa shape index (κ1) is 11.5. The molecule has 3 aromatic rings. The Morgan fingerprint density at radius 1 is 1.26 bits per heavy atom. The van der Waals surface area contributed by atoms with Crippen LogP contribution in [0.15, 0.2) is 47.1 Å². The van der Waals surface area contributed by atoms with Crippen molar-refractivity contribution in [2.24, 2.45) is 7.05 Å². The molecule has 0 unspecified atom stereocenters. The molecule has 1 aromatic carbocycles. The number of anilines is 1. The number of rotatable bonds is 2. The maximum atomic E-state index is 13.4. The molecule has 0 aliphatic rings. The Hall–Kier alpha value is -2.56. The normalized spacial score (nSPS) is 10.8. The van der Waals surface area contributed by atoms with Crippen LogP contribution < -0.4 is 5.73 Å². The molecular formula is C14H12FN3O. The molecule has 0 amide bonds. The third kappa shape index (κ3) is 1.89. The van der Waals surface area contributed by atoms with Gasteiger partial charge in [0, 0.05) is 7.05 Å². The Bertz CT molecular complexity index is 716. The van der Waals surface area contributed by atoms with Crippen LogP contribution in [0.4, 0.5) is 10.2 Å². The molecule has 0 saturated carbocycles. The summed E-state index contributed by atoms with van der Waals surface area (Å²) in [5.74, 6) is 0.759. The number of furan rings is 1. The Morgan fingerprint density at radius 3 is 2.79 bits per heavy atom. The molecule has 0 atom stereocenters. The van der Waals surface area contributed by atoms with Gasteiger partial charge in [-0.2, -0.15) is 5.10 Å². The topological polar surface area (TPSA) is 57.0 Å². The van der Waals surface area contributed by atoms with Crippen LogP contribution in [0.2, 0.25) is 0 Å². The highest BCUT2D eigenvalue weighted by atomic mass is 19.1. The Balaban J connectivity index is 2.26. The van der Waals surface area contributed by atoms with Crippen LogP contribution >= 0.6 is 0 Å². The van der Waals surface area contributed by atoms with E-state index in [1.54, 1.807) is 42.3 Å². The van der Waals surface area contributed by atoms with E-state index < -0.39 is 0 Å². The number of nitrogens with two attached hydrogens (primary N) is 1. The SMILES string of the molecule is Cn1nc(-c2ccco2)c(-c2cccc(F)c2)c1N. The summed E-state index contributed by atoms with van der Waals surface area (Å²) in [6.45, 7) is 0. The number of benzene rings is 1. The van der Waals surface area contributed by atoms with E-state index in [-0.39, 0.29) is 5.82 Å². The van der Waals surface area contributed by atoms with Gasteiger partial charge in [0.25, 0.3) is 0 Å². The van der Waals surface area contributed by atoms with E-state index in [0.29, 0.717) is 28.4 Å². The van der Waals surface area contributed by atoms with Crippen molar-refractivity contribution in [2.75, 3.05) is 5.73 Å². The van der Waals surface area contributed by atoms with Gasteiger partial charge in [-0.3, -0.25) is 4.68 Å². The molecule has 0 aliphatic heterocycles. The number of halogens is 1. The minimum absolute atomic E-state index is 0.314. The summed E-state index contributed by atoms with van der Waals surface area (Å²) >= 11 is 0. The summed E-state index contributed by atoms with van der Waals surface area (Å²) in [5.41, 5.74) is 7.99. The quantitative estimate of drug-likeness (QED) is 0.767. The van der Waals surface area contributed by atoms with Crippen LogP contribution in [-0.4, -0.2) is 9.78 Å². The van der Waals surface area contributed by atoms with Crippen molar-refractivity contribution >= 4 is 5.82 Å². The second-order valence-electron chi connectivity index (χ2n) is 4.22. The zero-order chi connectivity index (χ0) is 13.4. The largest absolute Gasteiger partial charge is 0.463 e. The monoisotopic (exact) mass is 257 g/mol. The van der Waals surface area contributed by atoms with Crippen molar-refractivity contribution in [1.82, 2.24) is 9.78 Å². The van der Waals surface area contributed by atoms with Crippen LogP contribution in [0.3, 0.4) is 0 Å². The summed E-state index contributed by atoms with van der Waals surface area (Å²) in [4.78, 5) is 0. The molecule has 5 heteroatoms. The van der Waals surface area contributed by atoms with Gasteiger partial charge in [-0.05, 0) is 29.8 Å². The summed E-state index contributed by atoms with van der Waals surface area (Å²) < 4.78 is 20.3. The van der Waals surface area contributed by atoms with Crippen molar-refractivity contribution in [1.29, 1.82) is 0 Å². The smallest absolute Gasteiger partial charge is 0.154 e. The Morgan fingerprint density at radius 2 is 2.11 bits per heavy atom. The average molecular weight is 257 g/mol. The average Bonchev–Trinajstić information content (AvgIpc) is 2.99. The number of nitrogens with zero attached hydrogens (tertiary/aromatic N) is 2. The molecule has 0 radical (unpaired) electrons. The first-order valence-corrected chi connectivity index (χ1v) is 5.79. The molecule has 0 bridgehead atoms. The van der Waals surface area contributed by atoms with Gasteiger partial charge in [-0.25, -0.2) is 4.39 Å². The number of aromatic nitrogens is 2. The first-order chi connectivity index (χ1) is 9.16. The fraction of sp³-hybridized carbons (Fsp3) is 0.0714. The van der Waals surface area contributed by atoms with Crippen molar-refractivity contribution in [3.8, 4) is 22.6 Å². The van der Waals surface area contributed by atoms with E-state index in [2.05, 4.69) is 5.10 Å². The highest BCUT2D eigenvalue weighted by molar-refractivity contribution is 5.86. The Labute approximate surface area is 109 Å². The van der Waals surface area contributed by atoms with Crippen LogP contribution in [0, 0.1) is 5.82 Å². The van der Waals surface area contributed by atoms with Gasteiger partial charge in [0.05, 0.1) is 11.8 Å². The zero-order valence-corrected chi connectivity index (χ0v) is 10.3. The van der Waals surface area contributed by atoms with Crippen LogP contribution in [-0.2, 0) is 7.05 Å². The van der Waals surface area contributed by atoms with Gasteiger partial charge in [0.2, 0.25) is 0 Å². The van der Waals surface area contributed by atoms with Crippen LogP contribution in [0.1, 0.15) is 0 Å². The number of nitrogen functional groups attached to an aromatic ring is 1. The molecule has 2 N–H and O–H groups in total. The maximum absolute atomic E-state index is 13.4. The van der Waals surface area contributed by atoms with Gasteiger partial charge in [-0.1, -0.05) is 12.1 Å². The molecule has 0 spiro atoms. The van der Waals surface area contributed by atoms with E-state index in [4.69, 9.17) is 10.2 Å². The van der Waals surface area contributed by atoms with Gasteiger partial charge in [0.1, 0.15) is 17.3 Å². The zero-order valence-electron chi connectivity index (χ0n) is 10.3. The van der Waals surface area contributed by atoms with Crippen molar-refractivity contribution < 1.29 is 8.81 Å². The molecule has 0 saturated heterocycles. The predicted octanol–water partition coefficient (Wildman–Crippen LogP) is 3.07. The molecule has 2 aromatic heterocycles. The van der Waals surface area contributed by atoms with Crippen molar-refractivity contribution in [3.63, 3.8) is 0 Å². The Kier molecular flexibility index (Phi) is 2.59. The van der Waals surface area contributed by atoms with Gasteiger partial charge < -0.3 is 10.2 Å². The molecule has 3 rings (SSSR count). The summed E-state index contributed by atoms with van der Waals surface area (Å²) in [6, 6.07) is 9.83. The second-order valence-corrected chi connectivity index (χ2v) is 4.22. The van der Waals surface area contributed by atoms with Gasteiger partial charge in [0.15, 0.2) is 5.76 Å². The van der Waals surface area contributed by atoms with Crippen molar-refractivity contribution in [2.45, 2.75) is 0 Å². The van der Waals surface area contributed by atoms with Crippen LogP contribution in [0.25, 0.3) is 22.6 Å². The van der Waals surface area contributed by atoms with Crippen LogP contribution in [0.5, 0.6) is 0 Å².